The van der Waals surface area contributed by atoms with Crippen LogP contribution >= 0.6 is 0 Å². The van der Waals surface area contributed by atoms with Crippen molar-refractivity contribution in [3.05, 3.63) is 29.3 Å². The van der Waals surface area contributed by atoms with Gasteiger partial charge in [-0.25, -0.2) is 13.8 Å². The van der Waals surface area contributed by atoms with E-state index in [2.05, 4.69) is 4.98 Å². The van der Waals surface area contributed by atoms with Crippen molar-refractivity contribution in [2.75, 3.05) is 0 Å². The third kappa shape index (κ3) is 1.94. The molecule has 0 aliphatic carbocycles. The molecule has 0 spiro atoms. The first kappa shape index (κ1) is 8.99. The SMILES string of the molecule is OCc1cc(F)nc(C(F)F)c1. The quantitative estimate of drug-likeness (QED) is 0.696. The largest absolute Gasteiger partial charge is 0.392 e. The molecule has 1 N–H and O–H groups in total. The molecule has 0 aliphatic heterocycles. The molecule has 12 heavy (non-hydrogen) atoms. The molecule has 1 rings (SSSR count). The van der Waals surface area contributed by atoms with E-state index in [0.29, 0.717) is 0 Å². The van der Waals surface area contributed by atoms with Gasteiger partial charge in [-0.3, -0.25) is 0 Å². The van der Waals surface area contributed by atoms with E-state index in [1.54, 1.807) is 0 Å². The van der Waals surface area contributed by atoms with Crippen molar-refractivity contribution < 1.29 is 18.3 Å². The number of nitrogens with zero attached hydrogens (tertiary/aromatic N) is 1. The third-order valence-corrected chi connectivity index (χ3v) is 1.28. The Balaban J connectivity index is 3.06. The maximum absolute atomic E-state index is 12.4. The second-order valence-corrected chi connectivity index (χ2v) is 2.18. The van der Waals surface area contributed by atoms with Crippen LogP contribution in [0.4, 0.5) is 13.2 Å². The first-order valence-corrected chi connectivity index (χ1v) is 3.19. The van der Waals surface area contributed by atoms with Gasteiger partial charge in [0, 0.05) is 0 Å². The molecule has 1 heterocycles. The normalized spacial score (nSPS) is 10.8. The Labute approximate surface area is 66.7 Å². The molecular weight excluding hydrogens is 171 g/mol. The molecule has 0 amide bonds. The first-order valence-electron chi connectivity index (χ1n) is 3.19. The van der Waals surface area contributed by atoms with Gasteiger partial charge in [0.2, 0.25) is 5.95 Å². The Morgan fingerprint density at radius 2 is 2.08 bits per heavy atom. The van der Waals surface area contributed by atoms with E-state index in [9.17, 15) is 13.2 Å². The standard InChI is InChI=1S/C7H6F3NO/c8-6-2-4(3-12)1-5(11-6)7(9)10/h1-2,7,12H,3H2. The van der Waals surface area contributed by atoms with Crippen LogP contribution in [-0.4, -0.2) is 10.1 Å². The molecule has 0 bridgehead atoms. The van der Waals surface area contributed by atoms with Crippen molar-refractivity contribution in [1.29, 1.82) is 0 Å². The highest BCUT2D eigenvalue weighted by atomic mass is 19.3. The summed E-state index contributed by atoms with van der Waals surface area (Å²) in [4.78, 5) is 2.95. The van der Waals surface area contributed by atoms with Crippen LogP contribution in [0, 0.1) is 5.95 Å². The zero-order valence-corrected chi connectivity index (χ0v) is 5.97. The Kier molecular flexibility index (Phi) is 2.65. The summed E-state index contributed by atoms with van der Waals surface area (Å²) in [6.45, 7) is -0.473. The Bertz CT molecular complexity index is 277. The number of alkyl halides is 2. The van der Waals surface area contributed by atoms with E-state index in [0.717, 1.165) is 12.1 Å². The van der Waals surface area contributed by atoms with Gasteiger partial charge in [0.25, 0.3) is 6.43 Å². The highest BCUT2D eigenvalue weighted by Crippen LogP contribution is 2.17. The lowest BCUT2D eigenvalue weighted by Crippen LogP contribution is -1.96. The van der Waals surface area contributed by atoms with Crippen LogP contribution in [0.2, 0.25) is 0 Å². The Morgan fingerprint density at radius 3 is 2.58 bits per heavy atom. The molecule has 1 aromatic rings. The van der Waals surface area contributed by atoms with Gasteiger partial charge in [0.1, 0.15) is 5.69 Å². The summed E-state index contributed by atoms with van der Waals surface area (Å²) >= 11 is 0. The Morgan fingerprint density at radius 1 is 1.42 bits per heavy atom. The highest BCUT2D eigenvalue weighted by Gasteiger charge is 2.11. The number of hydrogen-bond donors (Lipinski definition) is 1. The fourth-order valence-electron chi connectivity index (χ4n) is 0.776. The lowest BCUT2D eigenvalue weighted by molar-refractivity contribution is 0.144. The molecule has 0 aliphatic rings. The molecule has 66 valence electrons. The number of rotatable bonds is 2. The summed E-state index contributed by atoms with van der Waals surface area (Å²) < 4.78 is 36.3. The number of aliphatic hydroxyl groups is 1. The van der Waals surface area contributed by atoms with Crippen molar-refractivity contribution in [2.45, 2.75) is 13.0 Å². The van der Waals surface area contributed by atoms with Crippen molar-refractivity contribution >= 4 is 0 Å². The van der Waals surface area contributed by atoms with E-state index in [1.807, 2.05) is 0 Å². The summed E-state index contributed by atoms with van der Waals surface area (Å²) in [6.07, 6.45) is -2.81. The average molecular weight is 177 g/mol. The molecule has 1 aromatic heterocycles. The number of aromatic nitrogens is 1. The number of halogens is 3. The molecular formula is C7H6F3NO. The molecule has 0 fully saturated rings. The zero-order chi connectivity index (χ0) is 9.14. The van der Waals surface area contributed by atoms with Crippen LogP contribution in [-0.2, 0) is 6.61 Å². The third-order valence-electron chi connectivity index (χ3n) is 1.28. The van der Waals surface area contributed by atoms with Gasteiger partial charge in [-0.2, -0.15) is 4.39 Å². The van der Waals surface area contributed by atoms with Crippen molar-refractivity contribution in [1.82, 2.24) is 4.98 Å². The number of pyridine rings is 1. The molecule has 2 nitrogen and oxygen atoms in total. The van der Waals surface area contributed by atoms with Crippen LogP contribution < -0.4 is 0 Å². The molecule has 0 radical (unpaired) electrons. The molecule has 5 heteroatoms. The Hall–Kier alpha value is -1.10. The summed E-state index contributed by atoms with van der Waals surface area (Å²) in [5, 5.41) is 8.53. The average Bonchev–Trinajstić information content (AvgIpc) is 2.03. The second kappa shape index (κ2) is 3.53. The molecule has 0 saturated heterocycles. The summed E-state index contributed by atoms with van der Waals surface area (Å²) in [7, 11) is 0. The van der Waals surface area contributed by atoms with E-state index >= 15 is 0 Å². The van der Waals surface area contributed by atoms with Gasteiger partial charge in [-0.1, -0.05) is 0 Å². The summed E-state index contributed by atoms with van der Waals surface area (Å²) in [5.74, 6) is -1.00. The fourth-order valence-corrected chi connectivity index (χ4v) is 0.776. The predicted molar refractivity (Wildman–Crippen MR) is 35.1 cm³/mol. The van der Waals surface area contributed by atoms with Gasteiger partial charge < -0.3 is 5.11 Å². The van der Waals surface area contributed by atoms with Crippen LogP contribution in [0.15, 0.2) is 12.1 Å². The van der Waals surface area contributed by atoms with Gasteiger partial charge in [-0.05, 0) is 17.7 Å². The summed E-state index contributed by atoms with van der Waals surface area (Å²) in [6, 6.07) is 1.87. The van der Waals surface area contributed by atoms with Crippen molar-refractivity contribution in [2.24, 2.45) is 0 Å². The van der Waals surface area contributed by atoms with Crippen molar-refractivity contribution in [3.8, 4) is 0 Å². The molecule has 0 aromatic carbocycles. The van der Waals surface area contributed by atoms with Gasteiger partial charge in [0.15, 0.2) is 0 Å². The predicted octanol–water partition coefficient (Wildman–Crippen LogP) is 1.65. The van der Waals surface area contributed by atoms with E-state index in [4.69, 9.17) is 5.11 Å². The minimum Gasteiger partial charge on any atom is -0.392 e. The fraction of sp³-hybridized carbons (Fsp3) is 0.286. The van der Waals surface area contributed by atoms with Gasteiger partial charge in [-0.15, -0.1) is 0 Å². The minimum absolute atomic E-state index is 0.0952. The van der Waals surface area contributed by atoms with Gasteiger partial charge >= 0.3 is 0 Å². The molecule has 0 atom stereocenters. The number of hydrogen-bond acceptors (Lipinski definition) is 2. The van der Waals surface area contributed by atoms with Crippen molar-refractivity contribution in [3.63, 3.8) is 0 Å². The lowest BCUT2D eigenvalue weighted by atomic mass is 10.2. The monoisotopic (exact) mass is 177 g/mol. The maximum atomic E-state index is 12.4. The van der Waals surface area contributed by atoms with Gasteiger partial charge in [0.05, 0.1) is 6.61 Å². The van der Waals surface area contributed by atoms with Crippen LogP contribution in [0.5, 0.6) is 0 Å². The second-order valence-electron chi connectivity index (χ2n) is 2.18. The first-order chi connectivity index (χ1) is 5.63. The maximum Gasteiger partial charge on any atom is 0.280 e. The topological polar surface area (TPSA) is 33.1 Å². The number of aliphatic hydroxyl groups excluding tert-OH is 1. The van der Waals surface area contributed by atoms with E-state index in [1.165, 1.54) is 0 Å². The molecule has 0 unspecified atom stereocenters. The lowest BCUT2D eigenvalue weighted by Gasteiger charge is -2.01. The van der Waals surface area contributed by atoms with Crippen LogP contribution in [0.1, 0.15) is 17.7 Å². The van der Waals surface area contributed by atoms with Crippen LogP contribution in [0.3, 0.4) is 0 Å². The zero-order valence-electron chi connectivity index (χ0n) is 5.97. The van der Waals surface area contributed by atoms with E-state index in [-0.39, 0.29) is 5.56 Å². The highest BCUT2D eigenvalue weighted by molar-refractivity contribution is 5.16. The minimum atomic E-state index is -2.81. The molecule has 0 saturated carbocycles. The summed E-state index contributed by atoms with van der Waals surface area (Å²) in [5.41, 5.74) is -0.558. The van der Waals surface area contributed by atoms with E-state index < -0.39 is 24.7 Å². The smallest absolute Gasteiger partial charge is 0.280 e. The van der Waals surface area contributed by atoms with Crippen LogP contribution in [0.25, 0.3) is 0 Å².